The lowest BCUT2D eigenvalue weighted by Crippen LogP contribution is -2.38. The van der Waals surface area contributed by atoms with Crippen LogP contribution in [-0.4, -0.2) is 36.9 Å². The topological polar surface area (TPSA) is 69.7 Å². The van der Waals surface area contributed by atoms with E-state index >= 15 is 0 Å². The lowest BCUT2D eigenvalue weighted by Gasteiger charge is -2.22. The molecule has 0 aromatic carbocycles. The summed E-state index contributed by atoms with van der Waals surface area (Å²) >= 11 is 0. The molecular weight excluding hydrogens is 296 g/mol. The smallest absolute Gasteiger partial charge is 0.407 e. The van der Waals surface area contributed by atoms with Gasteiger partial charge in [0.1, 0.15) is 11.4 Å². The van der Waals surface area contributed by atoms with Crippen molar-refractivity contribution < 1.29 is 19.0 Å². The third-order valence-corrected chi connectivity index (χ3v) is 3.16. The highest BCUT2D eigenvalue weighted by Crippen LogP contribution is 2.26. The summed E-state index contributed by atoms with van der Waals surface area (Å²) in [5.74, 6) is 1.29. The van der Waals surface area contributed by atoms with Crippen molar-refractivity contribution >= 4 is 6.09 Å². The molecule has 1 N–H and O–H groups in total. The number of pyridine rings is 1. The van der Waals surface area contributed by atoms with E-state index in [4.69, 9.17) is 14.2 Å². The maximum absolute atomic E-state index is 11.8. The summed E-state index contributed by atoms with van der Waals surface area (Å²) in [6.45, 7) is 9.42. The zero-order valence-corrected chi connectivity index (χ0v) is 15.1. The molecule has 1 unspecified atom stereocenters. The number of methoxy groups -OCH3 is 2. The van der Waals surface area contributed by atoms with Crippen LogP contribution in [0.2, 0.25) is 0 Å². The van der Waals surface area contributed by atoms with E-state index in [2.05, 4.69) is 10.3 Å². The minimum atomic E-state index is -0.522. The van der Waals surface area contributed by atoms with Gasteiger partial charge in [-0.2, -0.15) is 0 Å². The molecule has 0 aliphatic carbocycles. The first kappa shape index (κ1) is 19.1. The van der Waals surface area contributed by atoms with Crippen LogP contribution in [0.4, 0.5) is 4.79 Å². The van der Waals surface area contributed by atoms with Gasteiger partial charge in [-0.1, -0.05) is 6.92 Å². The molecule has 0 fully saturated rings. The fourth-order valence-corrected chi connectivity index (χ4v) is 2.16. The van der Waals surface area contributed by atoms with Crippen LogP contribution in [0.3, 0.4) is 0 Å². The number of amides is 1. The summed E-state index contributed by atoms with van der Waals surface area (Å²) in [5.41, 5.74) is 1.21. The van der Waals surface area contributed by atoms with Gasteiger partial charge in [0.05, 0.1) is 19.9 Å². The van der Waals surface area contributed by atoms with Gasteiger partial charge in [0.2, 0.25) is 5.88 Å². The van der Waals surface area contributed by atoms with Crippen molar-refractivity contribution in [3.8, 4) is 11.6 Å². The molecule has 1 amide bonds. The first-order valence-corrected chi connectivity index (χ1v) is 7.80. The van der Waals surface area contributed by atoms with Crippen LogP contribution < -0.4 is 14.8 Å². The van der Waals surface area contributed by atoms with Gasteiger partial charge >= 0.3 is 6.09 Å². The van der Waals surface area contributed by atoms with Crippen LogP contribution in [0.1, 0.15) is 45.9 Å². The third-order valence-electron chi connectivity index (χ3n) is 3.16. The Balaban J connectivity index is 2.84. The Bertz CT molecular complexity index is 538. The maximum Gasteiger partial charge on any atom is 0.407 e. The molecular formula is C17H28N2O4. The molecule has 23 heavy (non-hydrogen) atoms. The van der Waals surface area contributed by atoms with Crippen LogP contribution in [0, 0.1) is 0 Å². The second-order valence-corrected chi connectivity index (χ2v) is 6.41. The first-order chi connectivity index (χ1) is 10.7. The molecule has 0 aliphatic rings. The van der Waals surface area contributed by atoms with Crippen molar-refractivity contribution in [3.63, 3.8) is 0 Å². The Labute approximate surface area is 138 Å². The van der Waals surface area contributed by atoms with E-state index in [-0.39, 0.29) is 6.04 Å². The highest BCUT2D eigenvalue weighted by molar-refractivity contribution is 5.68. The minimum absolute atomic E-state index is 0.150. The number of ether oxygens (including phenoxy) is 3. The third kappa shape index (κ3) is 5.96. The fourth-order valence-electron chi connectivity index (χ4n) is 2.16. The normalized spacial score (nSPS) is 12.5. The molecule has 1 aromatic rings. The summed E-state index contributed by atoms with van der Waals surface area (Å²) in [5, 5.41) is 2.80. The average Bonchev–Trinajstić information content (AvgIpc) is 2.44. The van der Waals surface area contributed by atoms with E-state index in [9.17, 15) is 4.79 Å². The zero-order valence-electron chi connectivity index (χ0n) is 15.1. The van der Waals surface area contributed by atoms with Crippen LogP contribution in [0.25, 0.3) is 0 Å². The summed E-state index contributed by atoms with van der Waals surface area (Å²) in [4.78, 5) is 16.3. The predicted molar refractivity (Wildman–Crippen MR) is 89.3 cm³/mol. The summed E-state index contributed by atoms with van der Waals surface area (Å²) in [6.07, 6.45) is 0.877. The molecule has 1 rings (SSSR count). The van der Waals surface area contributed by atoms with Gasteiger partial charge in [-0.05, 0) is 40.2 Å². The number of alkyl carbamates (subject to hydrolysis) is 1. The van der Waals surface area contributed by atoms with Gasteiger partial charge in [0.15, 0.2) is 0 Å². The van der Waals surface area contributed by atoms with Crippen molar-refractivity contribution in [3.05, 3.63) is 17.3 Å². The van der Waals surface area contributed by atoms with Gasteiger partial charge in [-0.3, -0.25) is 0 Å². The van der Waals surface area contributed by atoms with Crippen LogP contribution >= 0.6 is 0 Å². The van der Waals surface area contributed by atoms with Gasteiger partial charge in [0, 0.05) is 18.0 Å². The number of nitrogens with zero attached hydrogens (tertiary/aromatic N) is 1. The van der Waals surface area contributed by atoms with E-state index in [0.717, 1.165) is 17.7 Å². The number of aromatic nitrogens is 1. The predicted octanol–water partition coefficient (Wildman–Crippen LogP) is 3.12. The lowest BCUT2D eigenvalue weighted by atomic mass is 10.1. The van der Waals surface area contributed by atoms with Crippen LogP contribution in [0.15, 0.2) is 6.07 Å². The monoisotopic (exact) mass is 324 g/mol. The number of nitrogens with one attached hydrogen (secondary N) is 1. The van der Waals surface area contributed by atoms with Crippen LogP contribution in [-0.2, 0) is 17.6 Å². The molecule has 0 aliphatic heterocycles. The highest BCUT2D eigenvalue weighted by atomic mass is 16.6. The fraction of sp³-hybridized carbons (Fsp3) is 0.647. The Morgan fingerprint density at radius 2 is 1.96 bits per heavy atom. The van der Waals surface area contributed by atoms with Crippen LogP contribution in [0.5, 0.6) is 11.6 Å². The minimum Gasteiger partial charge on any atom is -0.495 e. The maximum atomic E-state index is 11.8. The van der Waals surface area contributed by atoms with E-state index in [0.29, 0.717) is 18.1 Å². The first-order valence-electron chi connectivity index (χ1n) is 7.80. The molecule has 0 radical (unpaired) electrons. The Morgan fingerprint density at radius 1 is 1.30 bits per heavy atom. The second kappa shape index (κ2) is 8.04. The Kier molecular flexibility index (Phi) is 6.66. The number of carbonyl (C=O) groups excluding carboxylic acids is 1. The van der Waals surface area contributed by atoms with E-state index in [1.165, 1.54) is 0 Å². The van der Waals surface area contributed by atoms with Gasteiger partial charge in [0.25, 0.3) is 0 Å². The Hall–Kier alpha value is -1.98. The van der Waals surface area contributed by atoms with E-state index in [1.54, 1.807) is 14.2 Å². The van der Waals surface area contributed by atoms with Gasteiger partial charge in [-0.25, -0.2) is 9.78 Å². The van der Waals surface area contributed by atoms with Crippen molar-refractivity contribution in [1.82, 2.24) is 10.3 Å². The molecule has 130 valence electrons. The van der Waals surface area contributed by atoms with Crippen molar-refractivity contribution in [1.29, 1.82) is 0 Å². The number of carbonyl (C=O) groups is 1. The molecule has 1 aromatic heterocycles. The zero-order chi connectivity index (χ0) is 17.6. The van der Waals surface area contributed by atoms with Crippen molar-refractivity contribution in [2.75, 3.05) is 14.2 Å². The molecule has 0 bridgehead atoms. The Morgan fingerprint density at radius 3 is 2.43 bits per heavy atom. The molecule has 0 spiro atoms. The van der Waals surface area contributed by atoms with E-state index in [1.807, 2.05) is 40.7 Å². The quantitative estimate of drug-likeness (QED) is 0.870. The molecule has 0 saturated carbocycles. The number of hydrogen-bond donors (Lipinski definition) is 1. The standard InChI is InChI=1S/C17H28N2O4/c1-8-12-10-14(21-6)13(19-15(12)22-7)9-11(2)18-16(20)23-17(3,4)5/h10-11H,8-9H2,1-7H3,(H,18,20). The molecule has 6 nitrogen and oxygen atoms in total. The van der Waals surface area contributed by atoms with Gasteiger partial charge < -0.3 is 19.5 Å². The molecule has 1 heterocycles. The van der Waals surface area contributed by atoms with E-state index < -0.39 is 11.7 Å². The van der Waals surface area contributed by atoms with Crippen molar-refractivity contribution in [2.45, 2.75) is 59.1 Å². The molecule has 1 atom stereocenters. The summed E-state index contributed by atoms with van der Waals surface area (Å²) in [7, 11) is 3.21. The largest absolute Gasteiger partial charge is 0.495 e. The summed E-state index contributed by atoms with van der Waals surface area (Å²) < 4.78 is 16.0. The SMILES string of the molecule is CCc1cc(OC)c(CC(C)NC(=O)OC(C)(C)C)nc1OC. The second-order valence-electron chi connectivity index (χ2n) is 6.41. The number of rotatable bonds is 6. The van der Waals surface area contributed by atoms with Crippen molar-refractivity contribution in [2.24, 2.45) is 0 Å². The number of hydrogen-bond acceptors (Lipinski definition) is 5. The average molecular weight is 324 g/mol. The molecule has 6 heteroatoms. The molecule has 0 saturated heterocycles. The lowest BCUT2D eigenvalue weighted by molar-refractivity contribution is 0.0508. The number of aryl methyl sites for hydroxylation is 1. The van der Waals surface area contributed by atoms with Gasteiger partial charge in [-0.15, -0.1) is 0 Å². The highest BCUT2D eigenvalue weighted by Gasteiger charge is 2.20. The summed E-state index contributed by atoms with van der Waals surface area (Å²) in [6, 6.07) is 1.78.